The third-order valence-electron chi connectivity index (χ3n) is 1.94. The van der Waals surface area contributed by atoms with Crippen molar-refractivity contribution in [1.82, 2.24) is 4.98 Å². The van der Waals surface area contributed by atoms with Crippen LogP contribution in [0.3, 0.4) is 0 Å². The van der Waals surface area contributed by atoms with Gasteiger partial charge in [0, 0.05) is 10.5 Å². The summed E-state index contributed by atoms with van der Waals surface area (Å²) in [7, 11) is 0. The summed E-state index contributed by atoms with van der Waals surface area (Å²) in [6.07, 6.45) is 3.04. The number of benzene rings is 1. The fourth-order valence-electron chi connectivity index (χ4n) is 1.16. The van der Waals surface area contributed by atoms with Crippen molar-refractivity contribution in [2.24, 2.45) is 10.9 Å². The number of oxazole rings is 1. The van der Waals surface area contributed by atoms with Crippen LogP contribution >= 0.6 is 23.4 Å². The molecule has 1 aromatic carbocycles. The minimum atomic E-state index is 0.0135. The van der Waals surface area contributed by atoms with Crippen molar-refractivity contribution in [2.45, 2.75) is 10.1 Å². The molecular weight excluding hydrogens is 262 g/mol. The lowest BCUT2D eigenvalue weighted by Gasteiger charge is -2.03. The van der Waals surface area contributed by atoms with Gasteiger partial charge < -0.3 is 15.4 Å². The minimum Gasteiger partial charge on any atom is -0.440 e. The standard InChI is InChI=1S/C10H8ClN3O2S/c11-7-5-6(9(12)14-15)1-2-8(7)17-10-13-3-4-16-10/h1-5,15H,(H2,12,14). The molecule has 0 fully saturated rings. The molecule has 2 aromatic rings. The molecule has 0 spiro atoms. The maximum atomic E-state index is 8.55. The highest BCUT2D eigenvalue weighted by Gasteiger charge is 2.08. The number of hydrogen-bond acceptors (Lipinski definition) is 5. The predicted octanol–water partition coefficient (Wildman–Crippen LogP) is 2.57. The van der Waals surface area contributed by atoms with E-state index >= 15 is 0 Å². The highest BCUT2D eigenvalue weighted by molar-refractivity contribution is 7.99. The van der Waals surface area contributed by atoms with Gasteiger partial charge in [0.15, 0.2) is 5.84 Å². The van der Waals surface area contributed by atoms with Crippen LogP contribution in [0.4, 0.5) is 0 Å². The average Bonchev–Trinajstić information content (AvgIpc) is 2.83. The Kier molecular flexibility index (Phi) is 3.55. The number of nitrogens with zero attached hydrogens (tertiary/aromatic N) is 2. The Morgan fingerprint density at radius 1 is 1.53 bits per heavy atom. The van der Waals surface area contributed by atoms with E-state index in [-0.39, 0.29) is 5.84 Å². The lowest BCUT2D eigenvalue weighted by molar-refractivity contribution is 0.318. The second-order valence-electron chi connectivity index (χ2n) is 3.03. The molecule has 1 heterocycles. The van der Waals surface area contributed by atoms with Gasteiger partial charge in [-0.25, -0.2) is 4.98 Å². The number of aromatic nitrogens is 1. The number of hydrogen-bond donors (Lipinski definition) is 2. The molecule has 88 valence electrons. The molecule has 3 N–H and O–H groups in total. The molecule has 0 saturated heterocycles. The number of rotatable bonds is 3. The Labute approximate surface area is 106 Å². The molecule has 0 saturated carbocycles. The first-order valence-corrected chi connectivity index (χ1v) is 5.75. The maximum Gasteiger partial charge on any atom is 0.260 e. The summed E-state index contributed by atoms with van der Waals surface area (Å²) >= 11 is 7.36. The molecule has 0 amide bonds. The Balaban J connectivity index is 2.26. The third kappa shape index (κ3) is 2.72. The topological polar surface area (TPSA) is 84.6 Å². The van der Waals surface area contributed by atoms with Crippen molar-refractivity contribution >= 4 is 29.2 Å². The van der Waals surface area contributed by atoms with Crippen molar-refractivity contribution in [2.75, 3.05) is 0 Å². The second kappa shape index (κ2) is 5.11. The quantitative estimate of drug-likeness (QED) is 0.387. The Bertz CT molecular complexity index is 542. The van der Waals surface area contributed by atoms with Crippen LogP contribution < -0.4 is 5.73 Å². The van der Waals surface area contributed by atoms with Crippen molar-refractivity contribution in [3.05, 3.63) is 41.2 Å². The van der Waals surface area contributed by atoms with Gasteiger partial charge in [-0.1, -0.05) is 16.8 Å². The van der Waals surface area contributed by atoms with Crippen LogP contribution in [0, 0.1) is 0 Å². The van der Waals surface area contributed by atoms with E-state index in [0.717, 1.165) is 4.90 Å². The van der Waals surface area contributed by atoms with Crippen LogP contribution in [0.1, 0.15) is 5.56 Å². The van der Waals surface area contributed by atoms with E-state index in [0.29, 0.717) is 15.8 Å². The molecule has 0 aliphatic carbocycles. The minimum absolute atomic E-state index is 0.0135. The highest BCUT2D eigenvalue weighted by Crippen LogP contribution is 2.32. The fraction of sp³-hybridized carbons (Fsp3) is 0. The van der Waals surface area contributed by atoms with Gasteiger partial charge in [-0.15, -0.1) is 0 Å². The molecule has 5 nitrogen and oxygen atoms in total. The molecule has 0 unspecified atom stereocenters. The molecule has 0 radical (unpaired) electrons. The third-order valence-corrected chi connectivity index (χ3v) is 3.32. The largest absolute Gasteiger partial charge is 0.440 e. The number of nitrogens with two attached hydrogens (primary N) is 1. The van der Waals surface area contributed by atoms with Gasteiger partial charge in [0.25, 0.3) is 5.22 Å². The van der Waals surface area contributed by atoms with Crippen molar-refractivity contribution in [3.63, 3.8) is 0 Å². The van der Waals surface area contributed by atoms with Gasteiger partial charge in [-0.3, -0.25) is 0 Å². The molecule has 0 atom stereocenters. The SMILES string of the molecule is N/C(=N/O)c1ccc(Sc2ncco2)c(Cl)c1. The Morgan fingerprint density at radius 3 is 2.94 bits per heavy atom. The predicted molar refractivity (Wildman–Crippen MR) is 64.6 cm³/mol. The molecule has 0 bridgehead atoms. The van der Waals surface area contributed by atoms with Crippen LogP contribution in [0.15, 0.2) is 50.4 Å². The Hall–Kier alpha value is -1.66. The van der Waals surface area contributed by atoms with Gasteiger partial charge in [-0.05, 0) is 30.0 Å². The summed E-state index contributed by atoms with van der Waals surface area (Å²) in [5.41, 5.74) is 6.00. The van der Waals surface area contributed by atoms with Gasteiger partial charge >= 0.3 is 0 Å². The fourth-order valence-corrected chi connectivity index (χ4v) is 2.15. The smallest absolute Gasteiger partial charge is 0.260 e. The van der Waals surface area contributed by atoms with E-state index in [2.05, 4.69) is 10.1 Å². The first-order chi connectivity index (χ1) is 8.20. The normalized spacial score (nSPS) is 11.7. The lowest BCUT2D eigenvalue weighted by Crippen LogP contribution is -2.12. The van der Waals surface area contributed by atoms with Crippen LogP contribution in [0.25, 0.3) is 0 Å². The molecular formula is C10H8ClN3O2S. The summed E-state index contributed by atoms with van der Waals surface area (Å²) in [6.45, 7) is 0. The first kappa shape index (κ1) is 11.8. The highest BCUT2D eigenvalue weighted by atomic mass is 35.5. The summed E-state index contributed by atoms with van der Waals surface area (Å²) in [4.78, 5) is 4.76. The summed E-state index contributed by atoms with van der Waals surface area (Å²) in [5, 5.41) is 12.4. The first-order valence-electron chi connectivity index (χ1n) is 4.55. The van der Waals surface area contributed by atoms with Crippen molar-refractivity contribution in [1.29, 1.82) is 0 Å². The molecule has 7 heteroatoms. The van der Waals surface area contributed by atoms with Gasteiger partial charge in [0.1, 0.15) is 6.26 Å². The van der Waals surface area contributed by atoms with Gasteiger partial charge in [-0.2, -0.15) is 0 Å². The summed E-state index contributed by atoms with van der Waals surface area (Å²) in [6, 6.07) is 5.07. The molecule has 0 aliphatic rings. The maximum absolute atomic E-state index is 8.55. The number of amidine groups is 1. The monoisotopic (exact) mass is 269 g/mol. The summed E-state index contributed by atoms with van der Waals surface area (Å²) < 4.78 is 5.10. The van der Waals surface area contributed by atoms with E-state index in [1.807, 2.05) is 0 Å². The van der Waals surface area contributed by atoms with E-state index < -0.39 is 0 Å². The zero-order valence-corrected chi connectivity index (χ0v) is 10.1. The lowest BCUT2D eigenvalue weighted by atomic mass is 10.2. The zero-order chi connectivity index (χ0) is 12.3. The van der Waals surface area contributed by atoms with E-state index in [4.69, 9.17) is 27.0 Å². The molecule has 17 heavy (non-hydrogen) atoms. The van der Waals surface area contributed by atoms with E-state index in [1.165, 1.54) is 18.0 Å². The van der Waals surface area contributed by atoms with Crippen LogP contribution in [0.2, 0.25) is 5.02 Å². The second-order valence-corrected chi connectivity index (χ2v) is 4.43. The zero-order valence-electron chi connectivity index (χ0n) is 8.50. The molecule has 1 aromatic heterocycles. The summed E-state index contributed by atoms with van der Waals surface area (Å²) in [5.74, 6) is 0.0135. The average molecular weight is 270 g/mol. The Morgan fingerprint density at radius 2 is 2.35 bits per heavy atom. The van der Waals surface area contributed by atoms with E-state index in [9.17, 15) is 0 Å². The molecule has 2 rings (SSSR count). The van der Waals surface area contributed by atoms with Crippen LogP contribution in [0.5, 0.6) is 0 Å². The van der Waals surface area contributed by atoms with Crippen molar-refractivity contribution < 1.29 is 9.62 Å². The number of halogens is 1. The van der Waals surface area contributed by atoms with Gasteiger partial charge in [0.2, 0.25) is 0 Å². The van der Waals surface area contributed by atoms with Crippen molar-refractivity contribution in [3.8, 4) is 0 Å². The van der Waals surface area contributed by atoms with Crippen LogP contribution in [-0.2, 0) is 0 Å². The number of oxime groups is 1. The van der Waals surface area contributed by atoms with Crippen LogP contribution in [-0.4, -0.2) is 16.0 Å². The van der Waals surface area contributed by atoms with E-state index in [1.54, 1.807) is 24.4 Å². The molecule has 0 aliphatic heterocycles. The van der Waals surface area contributed by atoms with Gasteiger partial charge in [0.05, 0.1) is 11.2 Å².